The van der Waals surface area contributed by atoms with Crippen LogP contribution in [0.15, 0.2) is 0 Å². The van der Waals surface area contributed by atoms with Gasteiger partial charge in [-0.25, -0.2) is 9.36 Å². The van der Waals surface area contributed by atoms with Gasteiger partial charge in [-0.15, -0.1) is 0 Å². The van der Waals surface area contributed by atoms with Crippen LogP contribution in [0.2, 0.25) is 0 Å². The van der Waals surface area contributed by atoms with E-state index in [0.29, 0.717) is 0 Å². The highest BCUT2D eigenvalue weighted by Crippen LogP contribution is 2.38. The van der Waals surface area contributed by atoms with Gasteiger partial charge in [0.05, 0.1) is 0 Å². The molecule has 0 rings (SSSR count). The molecular weight excluding hydrogens is 219 g/mol. The molecule has 0 spiro atoms. The summed E-state index contributed by atoms with van der Waals surface area (Å²) in [4.78, 5) is 36.9. The Morgan fingerprint density at radius 1 is 1.29 bits per heavy atom. The molecule has 1 unspecified atom stereocenters. The number of carboxylic acid groups (broad SMARTS) is 2. The van der Waals surface area contributed by atoms with E-state index < -0.39 is 38.7 Å². The first-order chi connectivity index (χ1) is 6.22. The van der Waals surface area contributed by atoms with Crippen LogP contribution in [0.5, 0.6) is 0 Å². The highest BCUT2D eigenvalue weighted by atomic mass is 31.2. The van der Waals surface area contributed by atoms with Crippen LogP contribution in [0.3, 0.4) is 0 Å². The number of aliphatic carboxylic acids is 2. The molecule has 0 saturated carbocycles. The van der Waals surface area contributed by atoms with E-state index in [-0.39, 0.29) is 0 Å². The monoisotopic (exact) mass is 228 g/mol. The molecule has 0 aromatic rings. The van der Waals surface area contributed by atoms with Crippen LogP contribution in [0.4, 0.5) is 0 Å². The van der Waals surface area contributed by atoms with Gasteiger partial charge in [-0.1, -0.05) is 0 Å². The number of rotatable bonds is 6. The molecule has 0 saturated heterocycles. The third-order valence-corrected chi connectivity index (χ3v) is 1.69. The van der Waals surface area contributed by atoms with E-state index >= 15 is 0 Å². The van der Waals surface area contributed by atoms with Crippen molar-refractivity contribution in [3.8, 4) is 0 Å². The van der Waals surface area contributed by atoms with Crippen molar-refractivity contribution >= 4 is 19.8 Å². The van der Waals surface area contributed by atoms with Crippen LogP contribution in [0, 0.1) is 0 Å². The second-order valence-corrected chi connectivity index (χ2v) is 3.55. The summed E-state index contributed by atoms with van der Waals surface area (Å²) >= 11 is 0. The molecule has 0 radical (unpaired) electrons. The van der Waals surface area contributed by atoms with Crippen molar-refractivity contribution in [2.45, 2.75) is 18.9 Å². The molecule has 0 aliphatic carbocycles. The highest BCUT2D eigenvalue weighted by molar-refractivity contribution is 7.46. The van der Waals surface area contributed by atoms with Crippen molar-refractivity contribution in [2.24, 2.45) is 0 Å². The molecule has 14 heavy (non-hydrogen) atoms. The van der Waals surface area contributed by atoms with Crippen molar-refractivity contribution in [3.63, 3.8) is 0 Å². The standard InChI is InChI=1S/C5H9O8P/c6-4(7)2-1-3(5(8)9)13-14(10,11)12/h3H,1-2H2,(H,6,7)(H,8,9)(H2,10,11,12). The van der Waals surface area contributed by atoms with Gasteiger partial charge in [0.25, 0.3) is 0 Å². The zero-order chi connectivity index (χ0) is 11.4. The molecule has 0 heterocycles. The molecule has 0 aromatic heterocycles. The lowest BCUT2D eigenvalue weighted by Crippen LogP contribution is -2.23. The lowest BCUT2D eigenvalue weighted by molar-refractivity contribution is -0.147. The maximum absolute atomic E-state index is 10.3. The predicted octanol–water partition coefficient (Wildman–Crippen LogP) is -0.586. The molecule has 0 aliphatic rings. The number of hydrogen-bond acceptors (Lipinski definition) is 4. The minimum atomic E-state index is -4.91. The maximum Gasteiger partial charge on any atom is 0.470 e. The van der Waals surface area contributed by atoms with Gasteiger partial charge in [-0.05, 0) is 6.42 Å². The van der Waals surface area contributed by atoms with Crippen molar-refractivity contribution in [1.82, 2.24) is 0 Å². The molecule has 0 aromatic carbocycles. The number of phosphoric ester groups is 1. The molecule has 0 amide bonds. The molecular formula is C5H9O8P. The van der Waals surface area contributed by atoms with Gasteiger partial charge < -0.3 is 20.0 Å². The number of carboxylic acids is 2. The Labute approximate surface area is 78.4 Å². The lowest BCUT2D eigenvalue weighted by Gasteiger charge is -2.12. The van der Waals surface area contributed by atoms with E-state index in [1.54, 1.807) is 0 Å². The van der Waals surface area contributed by atoms with E-state index in [9.17, 15) is 14.2 Å². The SMILES string of the molecule is O=C(O)CCC(OP(=O)(O)O)C(=O)O. The van der Waals surface area contributed by atoms with Gasteiger partial charge in [0.1, 0.15) is 0 Å². The molecule has 1 atom stereocenters. The molecule has 4 N–H and O–H groups in total. The zero-order valence-corrected chi connectivity index (χ0v) is 7.76. The first-order valence-corrected chi connectivity index (χ1v) is 4.94. The highest BCUT2D eigenvalue weighted by Gasteiger charge is 2.28. The van der Waals surface area contributed by atoms with Gasteiger partial charge in [-0.3, -0.25) is 9.32 Å². The van der Waals surface area contributed by atoms with Gasteiger partial charge in [0, 0.05) is 6.42 Å². The van der Waals surface area contributed by atoms with Gasteiger partial charge in [-0.2, -0.15) is 0 Å². The van der Waals surface area contributed by atoms with Crippen LogP contribution >= 0.6 is 7.82 Å². The summed E-state index contributed by atoms with van der Waals surface area (Å²) in [6.45, 7) is 0. The molecule has 8 nitrogen and oxygen atoms in total. The summed E-state index contributed by atoms with van der Waals surface area (Å²) in [6.07, 6.45) is -2.86. The van der Waals surface area contributed by atoms with Crippen LogP contribution in [-0.4, -0.2) is 38.0 Å². The van der Waals surface area contributed by atoms with E-state index in [0.717, 1.165) is 0 Å². The molecule has 0 fully saturated rings. The third kappa shape index (κ3) is 6.55. The lowest BCUT2D eigenvalue weighted by atomic mass is 10.2. The Hall–Kier alpha value is -0.950. The van der Waals surface area contributed by atoms with E-state index in [4.69, 9.17) is 20.0 Å². The summed E-state index contributed by atoms with van der Waals surface area (Å²) in [5.41, 5.74) is 0. The fourth-order valence-electron chi connectivity index (χ4n) is 0.642. The largest absolute Gasteiger partial charge is 0.481 e. The fraction of sp³-hybridized carbons (Fsp3) is 0.600. The van der Waals surface area contributed by atoms with Crippen molar-refractivity contribution in [3.05, 3.63) is 0 Å². The molecule has 0 bridgehead atoms. The van der Waals surface area contributed by atoms with Crippen LogP contribution in [-0.2, 0) is 18.7 Å². The second-order valence-electron chi connectivity index (χ2n) is 2.36. The third-order valence-electron chi connectivity index (χ3n) is 1.16. The average Bonchev–Trinajstić information content (AvgIpc) is 1.94. The van der Waals surface area contributed by atoms with E-state index in [2.05, 4.69) is 4.52 Å². The van der Waals surface area contributed by atoms with Crippen molar-refractivity contribution < 1.29 is 38.7 Å². The Morgan fingerprint density at radius 2 is 1.79 bits per heavy atom. The van der Waals surface area contributed by atoms with Crippen LogP contribution < -0.4 is 0 Å². The molecule has 82 valence electrons. The summed E-state index contributed by atoms with van der Waals surface area (Å²) in [5.74, 6) is -2.89. The number of hydrogen-bond donors (Lipinski definition) is 4. The Kier molecular flexibility index (Phi) is 4.72. The molecule has 9 heteroatoms. The zero-order valence-electron chi connectivity index (χ0n) is 6.86. The summed E-state index contributed by atoms with van der Waals surface area (Å²) < 4.78 is 14.1. The van der Waals surface area contributed by atoms with Crippen LogP contribution in [0.1, 0.15) is 12.8 Å². The van der Waals surface area contributed by atoms with E-state index in [1.807, 2.05) is 0 Å². The summed E-state index contributed by atoms with van der Waals surface area (Å²) in [5, 5.41) is 16.6. The fourth-order valence-corrected chi connectivity index (χ4v) is 1.17. The first-order valence-electron chi connectivity index (χ1n) is 3.41. The van der Waals surface area contributed by atoms with Gasteiger partial charge in [0.15, 0.2) is 6.10 Å². The maximum atomic E-state index is 10.3. The number of carbonyl (C=O) groups is 2. The second kappa shape index (κ2) is 5.06. The van der Waals surface area contributed by atoms with Crippen molar-refractivity contribution in [2.75, 3.05) is 0 Å². The Morgan fingerprint density at radius 3 is 2.07 bits per heavy atom. The minimum absolute atomic E-state index is 0.504. The van der Waals surface area contributed by atoms with Gasteiger partial charge >= 0.3 is 19.8 Å². The van der Waals surface area contributed by atoms with Crippen molar-refractivity contribution in [1.29, 1.82) is 0 Å². The average molecular weight is 228 g/mol. The minimum Gasteiger partial charge on any atom is -0.481 e. The predicted molar refractivity (Wildman–Crippen MR) is 41.4 cm³/mol. The number of phosphoric acid groups is 1. The summed E-state index contributed by atoms with van der Waals surface area (Å²) in [7, 11) is -4.91. The normalized spacial score (nSPS) is 13.6. The Balaban J connectivity index is 4.24. The quantitative estimate of drug-likeness (QED) is 0.442. The summed E-state index contributed by atoms with van der Waals surface area (Å²) in [6, 6.07) is 0. The Bertz CT molecular complexity index is 267. The smallest absolute Gasteiger partial charge is 0.470 e. The van der Waals surface area contributed by atoms with E-state index in [1.165, 1.54) is 0 Å². The van der Waals surface area contributed by atoms with Crippen LogP contribution in [0.25, 0.3) is 0 Å². The topological polar surface area (TPSA) is 141 Å². The van der Waals surface area contributed by atoms with Gasteiger partial charge in [0.2, 0.25) is 0 Å². The first kappa shape index (κ1) is 13.1. The molecule has 0 aliphatic heterocycles.